The van der Waals surface area contributed by atoms with Crippen LogP contribution in [0.1, 0.15) is 62.4 Å². The second-order valence-electron chi connectivity index (χ2n) is 9.99. The minimum atomic E-state index is -4.73. The van der Waals surface area contributed by atoms with E-state index >= 15 is 0 Å². The van der Waals surface area contributed by atoms with Crippen LogP contribution < -0.4 is 10.0 Å². The third-order valence-corrected chi connectivity index (χ3v) is 8.93. The molecular formula is C25H32ClF3N4O4S. The molecule has 13 heteroatoms. The van der Waals surface area contributed by atoms with Gasteiger partial charge in [0.25, 0.3) is 5.91 Å². The maximum absolute atomic E-state index is 13.0. The highest BCUT2D eigenvalue weighted by Gasteiger charge is 2.39. The number of halogens is 4. The number of aromatic nitrogens is 2. The van der Waals surface area contributed by atoms with Gasteiger partial charge in [0.1, 0.15) is 6.04 Å². The van der Waals surface area contributed by atoms with E-state index in [2.05, 4.69) is 10.4 Å². The van der Waals surface area contributed by atoms with Crippen LogP contribution >= 0.6 is 11.6 Å². The van der Waals surface area contributed by atoms with Crippen molar-refractivity contribution in [1.82, 2.24) is 19.8 Å². The molecule has 38 heavy (non-hydrogen) atoms. The molecule has 1 saturated carbocycles. The zero-order valence-corrected chi connectivity index (χ0v) is 22.6. The molecule has 4 rings (SSSR count). The molecular weight excluding hydrogens is 545 g/mol. The van der Waals surface area contributed by atoms with Crippen molar-refractivity contribution in [2.24, 2.45) is 5.92 Å². The molecule has 2 aromatic rings. The molecule has 1 aromatic carbocycles. The number of hydrogen-bond acceptors (Lipinski definition) is 5. The van der Waals surface area contributed by atoms with Crippen LogP contribution in [0.2, 0.25) is 5.02 Å². The van der Waals surface area contributed by atoms with Crippen LogP contribution in [0.4, 0.5) is 13.2 Å². The lowest BCUT2D eigenvalue weighted by atomic mass is 9.89. The predicted molar refractivity (Wildman–Crippen MR) is 136 cm³/mol. The van der Waals surface area contributed by atoms with E-state index in [-0.39, 0.29) is 22.7 Å². The van der Waals surface area contributed by atoms with E-state index in [1.807, 2.05) is 0 Å². The number of carbonyl (C=O) groups is 1. The van der Waals surface area contributed by atoms with Crippen LogP contribution in [0.5, 0.6) is 0 Å². The molecule has 8 nitrogen and oxygen atoms in total. The Hall–Kier alpha value is -2.15. The number of nitrogens with zero attached hydrogens (tertiary/aromatic N) is 2. The van der Waals surface area contributed by atoms with E-state index in [0.717, 1.165) is 38.7 Å². The fourth-order valence-corrected chi connectivity index (χ4v) is 6.43. The normalized spacial score (nSPS) is 18.9. The Labute approximate surface area is 225 Å². The zero-order chi connectivity index (χ0) is 27.5. The lowest BCUT2D eigenvalue weighted by Crippen LogP contribution is -2.42. The lowest BCUT2D eigenvalue weighted by molar-refractivity contribution is -0.147. The van der Waals surface area contributed by atoms with E-state index in [0.29, 0.717) is 49.8 Å². The SMILES string of the molecule is C[C@H](NS(=O)(=O)c1ccc(-c2cc(C(=O)NC3CCOCC3)nn2CC2CCCCC2)c(Cl)c1)C(F)(F)F. The van der Waals surface area contributed by atoms with Crippen LogP contribution in [-0.4, -0.2) is 55.6 Å². The number of nitrogens with one attached hydrogen (secondary N) is 2. The maximum atomic E-state index is 13.0. The van der Waals surface area contributed by atoms with Gasteiger partial charge in [0, 0.05) is 31.4 Å². The monoisotopic (exact) mass is 576 g/mol. The summed E-state index contributed by atoms with van der Waals surface area (Å²) in [4.78, 5) is 12.6. The van der Waals surface area contributed by atoms with Crippen molar-refractivity contribution in [3.05, 3.63) is 35.0 Å². The Balaban J connectivity index is 1.63. The van der Waals surface area contributed by atoms with Gasteiger partial charge in [-0.3, -0.25) is 9.48 Å². The standard InChI is InChI=1S/C25H32ClF3N4O4S/c1-16(25(27,28)29)32-38(35,36)19-7-8-20(21(26)13-19)23-14-22(24(34)30-18-9-11-37-12-10-18)31-33(23)15-17-5-3-2-4-6-17/h7-8,13-14,16-18,32H,2-6,9-12,15H2,1H3,(H,30,34)/t16-/m0/s1. The van der Waals surface area contributed by atoms with Crippen LogP contribution in [0.15, 0.2) is 29.2 Å². The fourth-order valence-electron chi connectivity index (χ4n) is 4.84. The molecule has 1 atom stereocenters. The quantitative estimate of drug-likeness (QED) is 0.464. The number of alkyl halides is 3. The average molecular weight is 577 g/mol. The number of hydrogen-bond donors (Lipinski definition) is 2. The number of sulfonamides is 1. The molecule has 1 amide bonds. The highest BCUT2D eigenvalue weighted by molar-refractivity contribution is 7.89. The molecule has 2 aliphatic rings. The molecule has 2 fully saturated rings. The van der Waals surface area contributed by atoms with Gasteiger partial charge in [0.2, 0.25) is 10.0 Å². The molecule has 2 heterocycles. The van der Waals surface area contributed by atoms with Gasteiger partial charge in [-0.15, -0.1) is 0 Å². The summed E-state index contributed by atoms with van der Waals surface area (Å²) in [6.45, 7) is 2.45. The highest BCUT2D eigenvalue weighted by atomic mass is 35.5. The molecule has 0 bridgehead atoms. The Morgan fingerprint density at radius 1 is 1.16 bits per heavy atom. The number of carbonyl (C=O) groups excluding carboxylic acids is 1. The number of benzene rings is 1. The second kappa shape index (κ2) is 11.9. The average Bonchev–Trinajstić information content (AvgIpc) is 3.28. The van der Waals surface area contributed by atoms with Gasteiger partial charge in [-0.25, -0.2) is 8.42 Å². The van der Waals surface area contributed by atoms with E-state index in [1.54, 1.807) is 15.5 Å². The number of amides is 1. The Morgan fingerprint density at radius 3 is 2.47 bits per heavy atom. The topological polar surface area (TPSA) is 102 Å². The summed E-state index contributed by atoms with van der Waals surface area (Å²) in [5.74, 6) is 0.0569. The molecule has 0 radical (unpaired) electrons. The van der Waals surface area contributed by atoms with Crippen molar-refractivity contribution in [2.45, 2.75) is 81.6 Å². The van der Waals surface area contributed by atoms with Gasteiger partial charge in [0.05, 0.1) is 15.6 Å². The van der Waals surface area contributed by atoms with Crippen LogP contribution in [0, 0.1) is 5.92 Å². The Kier molecular flexibility index (Phi) is 9.06. The predicted octanol–water partition coefficient (Wildman–Crippen LogP) is 4.92. The maximum Gasteiger partial charge on any atom is 0.404 e. The summed E-state index contributed by atoms with van der Waals surface area (Å²) in [7, 11) is -4.47. The summed E-state index contributed by atoms with van der Waals surface area (Å²) >= 11 is 6.49. The van der Waals surface area contributed by atoms with Crippen molar-refractivity contribution in [2.75, 3.05) is 13.2 Å². The van der Waals surface area contributed by atoms with Crippen molar-refractivity contribution >= 4 is 27.5 Å². The summed E-state index contributed by atoms with van der Waals surface area (Å²) < 4.78 is 72.5. The lowest BCUT2D eigenvalue weighted by Gasteiger charge is -2.23. The third kappa shape index (κ3) is 7.08. The fraction of sp³-hybridized carbons (Fsp3) is 0.600. The first-order valence-electron chi connectivity index (χ1n) is 12.8. The Bertz CT molecular complexity index is 1240. The molecule has 0 unspecified atom stereocenters. The zero-order valence-electron chi connectivity index (χ0n) is 21.1. The Morgan fingerprint density at radius 2 is 1.84 bits per heavy atom. The number of rotatable bonds is 8. The van der Waals surface area contributed by atoms with Gasteiger partial charge < -0.3 is 10.1 Å². The summed E-state index contributed by atoms with van der Waals surface area (Å²) in [6, 6.07) is 3.09. The summed E-state index contributed by atoms with van der Waals surface area (Å²) in [5.41, 5.74) is 1.19. The smallest absolute Gasteiger partial charge is 0.381 e. The van der Waals surface area contributed by atoms with Crippen molar-refractivity contribution in [3.8, 4) is 11.3 Å². The van der Waals surface area contributed by atoms with Gasteiger partial charge >= 0.3 is 6.18 Å². The van der Waals surface area contributed by atoms with E-state index < -0.39 is 27.1 Å². The molecule has 210 valence electrons. The third-order valence-electron chi connectivity index (χ3n) is 7.07. The molecule has 1 aliphatic carbocycles. The molecule has 2 N–H and O–H groups in total. The van der Waals surface area contributed by atoms with Crippen molar-refractivity contribution in [3.63, 3.8) is 0 Å². The van der Waals surface area contributed by atoms with Crippen LogP contribution in [0.25, 0.3) is 11.3 Å². The molecule has 1 saturated heterocycles. The van der Waals surface area contributed by atoms with Gasteiger partial charge in [-0.2, -0.15) is 23.0 Å². The van der Waals surface area contributed by atoms with Crippen LogP contribution in [-0.2, 0) is 21.3 Å². The van der Waals surface area contributed by atoms with Crippen molar-refractivity contribution < 1.29 is 31.1 Å². The van der Waals surface area contributed by atoms with E-state index in [1.165, 1.54) is 18.6 Å². The van der Waals surface area contributed by atoms with Crippen molar-refractivity contribution in [1.29, 1.82) is 0 Å². The minimum Gasteiger partial charge on any atom is -0.381 e. The van der Waals surface area contributed by atoms with Gasteiger partial charge in [-0.05, 0) is 62.8 Å². The molecule has 1 aliphatic heterocycles. The number of ether oxygens (including phenoxy) is 1. The highest BCUT2D eigenvalue weighted by Crippen LogP contribution is 2.33. The van der Waals surface area contributed by atoms with Gasteiger partial charge in [0.15, 0.2) is 5.69 Å². The van der Waals surface area contributed by atoms with Gasteiger partial charge in [-0.1, -0.05) is 30.9 Å². The minimum absolute atomic E-state index is 0.0112. The summed E-state index contributed by atoms with van der Waals surface area (Å²) in [5, 5.41) is 7.60. The van der Waals surface area contributed by atoms with E-state index in [4.69, 9.17) is 16.3 Å². The van der Waals surface area contributed by atoms with Crippen LogP contribution in [0.3, 0.4) is 0 Å². The summed E-state index contributed by atoms with van der Waals surface area (Å²) in [6.07, 6.45) is 2.19. The molecule has 0 spiro atoms. The molecule has 1 aromatic heterocycles. The first-order valence-corrected chi connectivity index (χ1v) is 14.7. The second-order valence-corrected chi connectivity index (χ2v) is 12.1. The first-order chi connectivity index (χ1) is 17.9. The first kappa shape index (κ1) is 28.8. The largest absolute Gasteiger partial charge is 0.404 e. The van der Waals surface area contributed by atoms with E-state index in [9.17, 15) is 26.4 Å².